The van der Waals surface area contributed by atoms with Crippen LogP contribution in [0.1, 0.15) is 51.0 Å². The summed E-state index contributed by atoms with van der Waals surface area (Å²) in [5.74, 6) is -0.572. The third-order valence-electron chi connectivity index (χ3n) is 3.43. The van der Waals surface area contributed by atoms with Crippen molar-refractivity contribution < 1.29 is 19.4 Å². The molecule has 2 rings (SSSR count). The Labute approximate surface area is 135 Å². The molecule has 5 heteroatoms. The molecule has 0 aliphatic rings. The van der Waals surface area contributed by atoms with Crippen LogP contribution in [0.25, 0.3) is 11.0 Å². The Hall–Kier alpha value is -2.30. The molecule has 1 aromatic heterocycles. The molecule has 0 saturated heterocycles. The van der Waals surface area contributed by atoms with Crippen LogP contribution in [-0.4, -0.2) is 16.2 Å². The van der Waals surface area contributed by atoms with Crippen molar-refractivity contribution in [2.45, 2.75) is 52.4 Å². The number of phenolic OH excluding ortho intramolecular Hbond substituents is 1. The second-order valence-corrected chi connectivity index (χ2v) is 5.49. The standard InChI is InChI=1S/C10H8O3.C8H16O2/c1-6-4-10(12)13-9-5-7(11)2-3-8(6)9;1-2-3-4-5-6-7-8(9)10/h2-5,11H,1H3;2-7H2,1H3,(H,9,10). The van der Waals surface area contributed by atoms with E-state index in [1.54, 1.807) is 12.1 Å². The first kappa shape index (κ1) is 18.7. The Morgan fingerprint density at radius 3 is 2.48 bits per heavy atom. The van der Waals surface area contributed by atoms with Gasteiger partial charge in [0, 0.05) is 23.9 Å². The van der Waals surface area contributed by atoms with E-state index in [1.165, 1.54) is 31.4 Å². The van der Waals surface area contributed by atoms with Crippen LogP contribution in [0.4, 0.5) is 0 Å². The maximum Gasteiger partial charge on any atom is 0.336 e. The van der Waals surface area contributed by atoms with Gasteiger partial charge in [-0.15, -0.1) is 0 Å². The number of aromatic hydroxyl groups is 1. The summed E-state index contributed by atoms with van der Waals surface area (Å²) in [7, 11) is 0. The summed E-state index contributed by atoms with van der Waals surface area (Å²) in [4.78, 5) is 21.0. The Bertz CT molecular complexity index is 687. The van der Waals surface area contributed by atoms with Gasteiger partial charge in [0.15, 0.2) is 0 Å². The molecule has 0 radical (unpaired) electrons. The van der Waals surface area contributed by atoms with Crippen LogP contribution >= 0.6 is 0 Å². The van der Waals surface area contributed by atoms with Gasteiger partial charge in [0.25, 0.3) is 0 Å². The maximum atomic E-state index is 11.0. The van der Waals surface area contributed by atoms with Crippen molar-refractivity contribution in [3.05, 3.63) is 40.2 Å². The molecule has 0 spiro atoms. The molecule has 0 aliphatic heterocycles. The van der Waals surface area contributed by atoms with Gasteiger partial charge >= 0.3 is 11.6 Å². The number of benzene rings is 1. The van der Waals surface area contributed by atoms with E-state index < -0.39 is 11.6 Å². The van der Waals surface area contributed by atoms with Gasteiger partial charge in [-0.05, 0) is 31.0 Å². The quantitative estimate of drug-likeness (QED) is 0.614. The van der Waals surface area contributed by atoms with E-state index in [0.29, 0.717) is 12.0 Å². The molecule has 0 saturated carbocycles. The molecular formula is C18H24O5. The van der Waals surface area contributed by atoms with E-state index in [2.05, 4.69) is 6.92 Å². The Balaban J connectivity index is 0.000000241. The highest BCUT2D eigenvalue weighted by molar-refractivity contribution is 5.81. The van der Waals surface area contributed by atoms with E-state index in [0.717, 1.165) is 23.8 Å². The monoisotopic (exact) mass is 320 g/mol. The normalized spacial score (nSPS) is 10.2. The van der Waals surface area contributed by atoms with E-state index in [4.69, 9.17) is 14.6 Å². The molecule has 5 nitrogen and oxygen atoms in total. The van der Waals surface area contributed by atoms with E-state index in [-0.39, 0.29) is 5.75 Å². The highest BCUT2D eigenvalue weighted by atomic mass is 16.4. The lowest BCUT2D eigenvalue weighted by Gasteiger charge is -1.99. The number of unbranched alkanes of at least 4 members (excludes halogenated alkanes) is 4. The van der Waals surface area contributed by atoms with E-state index in [9.17, 15) is 9.59 Å². The first-order valence-corrected chi connectivity index (χ1v) is 7.89. The number of hydrogen-bond acceptors (Lipinski definition) is 4. The van der Waals surface area contributed by atoms with E-state index in [1.807, 2.05) is 6.92 Å². The number of fused-ring (bicyclic) bond motifs is 1. The van der Waals surface area contributed by atoms with Gasteiger partial charge in [0.1, 0.15) is 11.3 Å². The zero-order valence-electron chi connectivity index (χ0n) is 13.7. The summed E-state index contributed by atoms with van der Waals surface area (Å²) >= 11 is 0. The van der Waals surface area contributed by atoms with Crippen LogP contribution in [0.15, 0.2) is 33.5 Å². The minimum absolute atomic E-state index is 0.0984. The third kappa shape index (κ3) is 7.00. The van der Waals surface area contributed by atoms with Crippen LogP contribution < -0.4 is 5.63 Å². The fourth-order valence-electron chi connectivity index (χ4n) is 2.19. The molecule has 0 fully saturated rings. The molecule has 2 N–H and O–H groups in total. The van der Waals surface area contributed by atoms with Crippen molar-refractivity contribution in [3.8, 4) is 5.75 Å². The molecule has 1 heterocycles. The molecule has 0 bridgehead atoms. The minimum atomic E-state index is -0.670. The first-order valence-electron chi connectivity index (χ1n) is 7.89. The number of aryl methyl sites for hydroxylation is 1. The maximum absolute atomic E-state index is 11.0. The summed E-state index contributed by atoms with van der Waals surface area (Å²) in [6.45, 7) is 3.98. The number of carboxylic acids is 1. The fourth-order valence-corrected chi connectivity index (χ4v) is 2.19. The van der Waals surface area contributed by atoms with Crippen LogP contribution in [0.3, 0.4) is 0 Å². The van der Waals surface area contributed by atoms with Gasteiger partial charge in [0.2, 0.25) is 0 Å². The Morgan fingerprint density at radius 1 is 1.13 bits per heavy atom. The SMILES string of the molecule is CCCCCCCC(=O)O.Cc1cc(=O)oc2cc(O)ccc12. The average Bonchev–Trinajstić information content (AvgIpc) is 2.46. The number of carbonyl (C=O) groups is 1. The average molecular weight is 320 g/mol. The van der Waals surface area contributed by atoms with Crippen LogP contribution in [-0.2, 0) is 4.79 Å². The molecule has 0 amide bonds. The van der Waals surface area contributed by atoms with Crippen LogP contribution in [0, 0.1) is 6.92 Å². The lowest BCUT2D eigenvalue weighted by atomic mass is 10.1. The second kappa shape index (κ2) is 9.66. The van der Waals surface area contributed by atoms with E-state index >= 15 is 0 Å². The molecule has 126 valence electrons. The highest BCUT2D eigenvalue weighted by Crippen LogP contribution is 2.20. The molecule has 2 aromatic rings. The van der Waals surface area contributed by atoms with Gasteiger partial charge in [0.05, 0.1) is 0 Å². The van der Waals surface area contributed by atoms with Crippen molar-refractivity contribution in [1.29, 1.82) is 0 Å². The predicted molar refractivity (Wildman–Crippen MR) is 89.9 cm³/mol. The van der Waals surface area contributed by atoms with Gasteiger partial charge in [-0.1, -0.05) is 32.6 Å². The van der Waals surface area contributed by atoms with Crippen molar-refractivity contribution in [2.75, 3.05) is 0 Å². The zero-order valence-corrected chi connectivity index (χ0v) is 13.7. The van der Waals surface area contributed by atoms with Gasteiger partial charge in [-0.25, -0.2) is 4.79 Å². The second-order valence-electron chi connectivity index (χ2n) is 5.49. The fraction of sp³-hybridized carbons (Fsp3) is 0.444. The molecule has 0 unspecified atom stereocenters. The molecule has 23 heavy (non-hydrogen) atoms. The molecule has 0 aliphatic carbocycles. The number of carboxylic acid groups (broad SMARTS) is 1. The van der Waals surface area contributed by atoms with Crippen molar-refractivity contribution in [3.63, 3.8) is 0 Å². The number of phenols is 1. The van der Waals surface area contributed by atoms with Gasteiger partial charge < -0.3 is 14.6 Å². The van der Waals surface area contributed by atoms with Crippen molar-refractivity contribution in [1.82, 2.24) is 0 Å². The van der Waals surface area contributed by atoms with Gasteiger partial charge in [-0.3, -0.25) is 4.79 Å². The lowest BCUT2D eigenvalue weighted by Crippen LogP contribution is -1.97. The molecule has 0 atom stereocenters. The smallest absolute Gasteiger partial charge is 0.336 e. The Kier molecular flexibility index (Phi) is 7.88. The highest BCUT2D eigenvalue weighted by Gasteiger charge is 2.01. The molecule has 1 aromatic carbocycles. The minimum Gasteiger partial charge on any atom is -0.508 e. The summed E-state index contributed by atoms with van der Waals surface area (Å²) < 4.78 is 4.91. The lowest BCUT2D eigenvalue weighted by molar-refractivity contribution is -0.137. The number of rotatable bonds is 6. The summed E-state index contributed by atoms with van der Waals surface area (Å²) in [6, 6.07) is 6.15. The van der Waals surface area contributed by atoms with Gasteiger partial charge in [-0.2, -0.15) is 0 Å². The van der Waals surface area contributed by atoms with Crippen molar-refractivity contribution >= 4 is 16.9 Å². The largest absolute Gasteiger partial charge is 0.508 e. The summed E-state index contributed by atoms with van der Waals surface area (Å²) in [5, 5.41) is 18.3. The molecular weight excluding hydrogens is 296 g/mol. The number of aliphatic carboxylic acids is 1. The zero-order chi connectivity index (χ0) is 17.2. The predicted octanol–water partition coefficient (Wildman–Crippen LogP) is 4.24. The van der Waals surface area contributed by atoms with Crippen LogP contribution in [0.2, 0.25) is 0 Å². The Morgan fingerprint density at radius 2 is 1.83 bits per heavy atom. The summed E-state index contributed by atoms with van der Waals surface area (Å²) in [6.07, 6.45) is 5.88. The first-order chi connectivity index (χ1) is 10.9. The van der Waals surface area contributed by atoms with Crippen LogP contribution in [0.5, 0.6) is 5.75 Å². The topological polar surface area (TPSA) is 87.7 Å². The third-order valence-corrected chi connectivity index (χ3v) is 3.43. The van der Waals surface area contributed by atoms with Crippen molar-refractivity contribution in [2.24, 2.45) is 0 Å². The number of hydrogen-bond donors (Lipinski definition) is 2. The summed E-state index contributed by atoms with van der Waals surface area (Å²) in [5.41, 5.74) is 0.881.